The summed E-state index contributed by atoms with van der Waals surface area (Å²) in [6.07, 6.45) is 1.42. The molecule has 1 aliphatic rings. The minimum Gasteiger partial charge on any atom is -0.481 e. The van der Waals surface area contributed by atoms with E-state index in [-0.39, 0.29) is 5.91 Å². The second-order valence-corrected chi connectivity index (χ2v) is 5.68. The summed E-state index contributed by atoms with van der Waals surface area (Å²) in [6.45, 7) is 0.967. The maximum Gasteiger partial charge on any atom is 0.308 e. The fraction of sp³-hybridized carbons (Fsp3) is 0.385. The second-order valence-electron chi connectivity index (χ2n) is 4.44. The number of carbonyl (C=O) groups is 2. The van der Waals surface area contributed by atoms with Crippen molar-refractivity contribution in [2.75, 3.05) is 13.1 Å². The first kappa shape index (κ1) is 13.3. The van der Waals surface area contributed by atoms with Crippen LogP contribution in [0.1, 0.15) is 23.2 Å². The zero-order valence-electron chi connectivity index (χ0n) is 9.80. The van der Waals surface area contributed by atoms with Crippen molar-refractivity contribution in [2.45, 2.75) is 12.8 Å². The number of carboxylic acids is 1. The van der Waals surface area contributed by atoms with E-state index in [0.29, 0.717) is 25.1 Å². The van der Waals surface area contributed by atoms with Crippen LogP contribution in [-0.2, 0) is 4.79 Å². The highest BCUT2D eigenvalue weighted by Crippen LogP contribution is 2.19. The van der Waals surface area contributed by atoms with Gasteiger partial charge in [0.2, 0.25) is 0 Å². The fourth-order valence-corrected chi connectivity index (χ4v) is 2.50. The van der Waals surface area contributed by atoms with Crippen LogP contribution in [-0.4, -0.2) is 35.0 Å². The molecule has 1 fully saturated rings. The van der Waals surface area contributed by atoms with Crippen LogP contribution in [0.3, 0.4) is 0 Å². The van der Waals surface area contributed by atoms with Crippen LogP contribution < -0.4 is 0 Å². The van der Waals surface area contributed by atoms with Crippen LogP contribution in [0.4, 0.5) is 0 Å². The lowest BCUT2D eigenvalue weighted by Crippen LogP contribution is -2.42. The van der Waals surface area contributed by atoms with Gasteiger partial charge >= 0.3 is 5.97 Å². The number of carbonyl (C=O) groups excluding carboxylic acids is 1. The molecule has 1 saturated heterocycles. The van der Waals surface area contributed by atoms with Gasteiger partial charge in [0.25, 0.3) is 5.91 Å². The number of hydrogen-bond donors (Lipinski definition) is 1. The zero-order chi connectivity index (χ0) is 13.1. The van der Waals surface area contributed by atoms with E-state index >= 15 is 0 Å². The minimum absolute atomic E-state index is 0.0719. The molecule has 1 aliphatic heterocycles. The Kier molecular flexibility index (Phi) is 4.21. The standard InChI is InChI=1S/C13H14INO3/c14-11-5-3-9(4-6-11)12(16)15-7-1-2-10(8-15)13(17)18/h3-6,10H,1-2,7-8H2,(H,17,18). The summed E-state index contributed by atoms with van der Waals surface area (Å²) in [7, 11) is 0. The number of hydrogen-bond acceptors (Lipinski definition) is 2. The maximum absolute atomic E-state index is 12.2. The van der Waals surface area contributed by atoms with Gasteiger partial charge in [0.1, 0.15) is 0 Å². The van der Waals surface area contributed by atoms with Crippen molar-refractivity contribution >= 4 is 34.5 Å². The molecule has 0 spiro atoms. The predicted molar refractivity (Wildman–Crippen MR) is 75.4 cm³/mol. The summed E-state index contributed by atoms with van der Waals surface area (Å²) in [5.41, 5.74) is 0.626. The number of rotatable bonds is 2. The summed E-state index contributed by atoms with van der Waals surface area (Å²) in [6, 6.07) is 7.34. The van der Waals surface area contributed by atoms with Crippen LogP contribution in [0, 0.1) is 9.49 Å². The maximum atomic E-state index is 12.2. The van der Waals surface area contributed by atoms with Crippen molar-refractivity contribution in [2.24, 2.45) is 5.92 Å². The molecule has 1 aromatic carbocycles. The van der Waals surface area contributed by atoms with Gasteiger partial charge in [-0.25, -0.2) is 0 Å². The largest absolute Gasteiger partial charge is 0.481 e. The Morgan fingerprint density at radius 1 is 1.28 bits per heavy atom. The number of aliphatic carboxylic acids is 1. The van der Waals surface area contributed by atoms with E-state index in [9.17, 15) is 9.59 Å². The van der Waals surface area contributed by atoms with E-state index in [1.807, 2.05) is 12.1 Å². The highest BCUT2D eigenvalue weighted by molar-refractivity contribution is 14.1. The monoisotopic (exact) mass is 359 g/mol. The molecular weight excluding hydrogens is 345 g/mol. The first-order valence-corrected chi connectivity index (χ1v) is 6.93. The van der Waals surface area contributed by atoms with E-state index in [4.69, 9.17) is 5.11 Å². The number of likely N-dealkylation sites (tertiary alicyclic amines) is 1. The molecule has 0 aliphatic carbocycles. The molecule has 1 unspecified atom stereocenters. The predicted octanol–water partition coefficient (Wildman–Crippen LogP) is 2.23. The van der Waals surface area contributed by atoms with Crippen LogP contribution in [0.15, 0.2) is 24.3 Å². The lowest BCUT2D eigenvalue weighted by molar-refractivity contribution is -0.143. The van der Waals surface area contributed by atoms with Crippen molar-refractivity contribution in [3.8, 4) is 0 Å². The first-order valence-electron chi connectivity index (χ1n) is 5.85. The van der Waals surface area contributed by atoms with Crippen LogP contribution in [0.25, 0.3) is 0 Å². The molecule has 5 heteroatoms. The Hall–Kier alpha value is -1.11. The Labute approximate surface area is 119 Å². The molecular formula is C13H14INO3. The molecule has 1 heterocycles. The smallest absolute Gasteiger partial charge is 0.308 e. The third-order valence-corrected chi connectivity index (χ3v) is 3.87. The Bertz CT molecular complexity index is 458. The third kappa shape index (κ3) is 3.01. The van der Waals surface area contributed by atoms with Gasteiger partial charge in [-0.15, -0.1) is 0 Å². The number of piperidine rings is 1. The zero-order valence-corrected chi connectivity index (χ0v) is 12.0. The van der Waals surface area contributed by atoms with E-state index < -0.39 is 11.9 Å². The van der Waals surface area contributed by atoms with E-state index in [1.165, 1.54) is 0 Å². The second kappa shape index (κ2) is 5.69. The number of carboxylic acid groups (broad SMARTS) is 1. The number of amides is 1. The fourth-order valence-electron chi connectivity index (χ4n) is 2.14. The average Bonchev–Trinajstić information content (AvgIpc) is 2.39. The summed E-state index contributed by atoms with van der Waals surface area (Å²) in [5, 5.41) is 9.01. The van der Waals surface area contributed by atoms with Gasteiger partial charge < -0.3 is 10.0 Å². The van der Waals surface area contributed by atoms with Crippen LogP contribution in [0.5, 0.6) is 0 Å². The van der Waals surface area contributed by atoms with Crippen LogP contribution >= 0.6 is 22.6 Å². The molecule has 1 amide bonds. The van der Waals surface area contributed by atoms with Gasteiger partial charge in [-0.3, -0.25) is 9.59 Å². The highest BCUT2D eigenvalue weighted by atomic mass is 127. The van der Waals surface area contributed by atoms with E-state index in [0.717, 1.165) is 9.99 Å². The molecule has 2 rings (SSSR count). The van der Waals surface area contributed by atoms with Crippen molar-refractivity contribution in [3.63, 3.8) is 0 Å². The molecule has 0 aromatic heterocycles. The summed E-state index contributed by atoms with van der Waals surface area (Å²) < 4.78 is 1.08. The quantitative estimate of drug-likeness (QED) is 0.824. The van der Waals surface area contributed by atoms with Gasteiger partial charge in [-0.05, 0) is 59.7 Å². The Balaban J connectivity index is 2.09. The summed E-state index contributed by atoms with van der Waals surface area (Å²) in [5.74, 6) is -1.31. The molecule has 1 N–H and O–H groups in total. The molecule has 1 atom stereocenters. The molecule has 0 radical (unpaired) electrons. The number of benzene rings is 1. The van der Waals surface area contributed by atoms with Gasteiger partial charge in [0, 0.05) is 22.2 Å². The molecule has 18 heavy (non-hydrogen) atoms. The number of halogens is 1. The van der Waals surface area contributed by atoms with Gasteiger partial charge in [-0.1, -0.05) is 0 Å². The lowest BCUT2D eigenvalue weighted by atomic mass is 9.97. The molecule has 0 bridgehead atoms. The van der Waals surface area contributed by atoms with E-state index in [1.54, 1.807) is 17.0 Å². The summed E-state index contributed by atoms with van der Waals surface area (Å²) in [4.78, 5) is 24.8. The van der Waals surface area contributed by atoms with Crippen LogP contribution in [0.2, 0.25) is 0 Å². The third-order valence-electron chi connectivity index (χ3n) is 3.15. The van der Waals surface area contributed by atoms with Crippen molar-refractivity contribution in [1.29, 1.82) is 0 Å². The summed E-state index contributed by atoms with van der Waals surface area (Å²) >= 11 is 2.18. The van der Waals surface area contributed by atoms with E-state index in [2.05, 4.69) is 22.6 Å². The van der Waals surface area contributed by atoms with Gasteiger partial charge in [0.15, 0.2) is 0 Å². The van der Waals surface area contributed by atoms with Crippen molar-refractivity contribution in [1.82, 2.24) is 4.90 Å². The Morgan fingerprint density at radius 2 is 1.94 bits per heavy atom. The number of nitrogens with zero attached hydrogens (tertiary/aromatic N) is 1. The first-order chi connectivity index (χ1) is 8.58. The average molecular weight is 359 g/mol. The van der Waals surface area contributed by atoms with Gasteiger partial charge in [0.05, 0.1) is 5.92 Å². The molecule has 4 nitrogen and oxygen atoms in total. The van der Waals surface area contributed by atoms with Crippen molar-refractivity contribution in [3.05, 3.63) is 33.4 Å². The van der Waals surface area contributed by atoms with Crippen molar-refractivity contribution < 1.29 is 14.7 Å². The molecule has 0 saturated carbocycles. The molecule has 96 valence electrons. The topological polar surface area (TPSA) is 57.6 Å². The SMILES string of the molecule is O=C(O)C1CCCN(C(=O)c2ccc(I)cc2)C1. The normalized spacial score (nSPS) is 19.6. The highest BCUT2D eigenvalue weighted by Gasteiger charge is 2.28. The Morgan fingerprint density at radius 3 is 2.56 bits per heavy atom. The van der Waals surface area contributed by atoms with Gasteiger partial charge in [-0.2, -0.15) is 0 Å². The lowest BCUT2D eigenvalue weighted by Gasteiger charge is -2.30. The molecule has 1 aromatic rings. The minimum atomic E-state index is -0.810.